The number of nitrogens with zero attached hydrogens (tertiary/aromatic N) is 1. The van der Waals surface area contributed by atoms with Gasteiger partial charge in [-0.3, -0.25) is 9.59 Å². The van der Waals surface area contributed by atoms with Crippen molar-refractivity contribution in [2.24, 2.45) is 10.8 Å². The molecule has 1 rings (SSSR count). The molecule has 5 heteroatoms. The number of aldehydes is 1. The summed E-state index contributed by atoms with van der Waals surface area (Å²) in [6.45, 7) is 14.6. The smallest absolute Gasteiger partial charge is 0.229 e. The minimum atomic E-state index is -0.660. The van der Waals surface area contributed by atoms with Crippen LogP contribution in [0.5, 0.6) is 0 Å². The van der Waals surface area contributed by atoms with E-state index in [0.717, 1.165) is 25.5 Å². The summed E-state index contributed by atoms with van der Waals surface area (Å²) in [4.78, 5) is 39.4. The fraction of sp³-hybridized carbons (Fsp3) is 0.857. The average Bonchev–Trinajstić information content (AvgIpc) is 2.91. The van der Waals surface area contributed by atoms with Gasteiger partial charge in [0.15, 0.2) is 0 Å². The molecule has 1 N–H and O–H groups in total. The van der Waals surface area contributed by atoms with E-state index in [0.29, 0.717) is 25.8 Å². The van der Waals surface area contributed by atoms with E-state index in [4.69, 9.17) is 0 Å². The van der Waals surface area contributed by atoms with E-state index < -0.39 is 5.41 Å². The molecule has 2 amide bonds. The van der Waals surface area contributed by atoms with Gasteiger partial charge < -0.3 is 15.0 Å². The van der Waals surface area contributed by atoms with Crippen molar-refractivity contribution in [1.82, 2.24) is 10.2 Å². The van der Waals surface area contributed by atoms with Crippen LogP contribution < -0.4 is 5.32 Å². The number of amides is 2. The van der Waals surface area contributed by atoms with Gasteiger partial charge in [0.1, 0.15) is 6.29 Å². The molecular weight excluding hydrogens is 328 g/mol. The van der Waals surface area contributed by atoms with E-state index in [1.165, 1.54) is 0 Å². The van der Waals surface area contributed by atoms with Crippen LogP contribution in [0.2, 0.25) is 0 Å². The molecule has 0 spiro atoms. The van der Waals surface area contributed by atoms with Crippen LogP contribution in [0.3, 0.4) is 0 Å². The Balaban J connectivity index is 3.20. The number of likely N-dealkylation sites (tertiary alicyclic amines) is 1. The Morgan fingerprint density at radius 2 is 1.69 bits per heavy atom. The van der Waals surface area contributed by atoms with E-state index in [-0.39, 0.29) is 28.8 Å². The molecule has 0 aromatic heterocycles. The van der Waals surface area contributed by atoms with Crippen LogP contribution in [0, 0.1) is 10.8 Å². The third-order valence-corrected chi connectivity index (χ3v) is 6.29. The van der Waals surface area contributed by atoms with Crippen molar-refractivity contribution in [3.8, 4) is 0 Å². The zero-order chi connectivity index (χ0) is 20.2. The third-order valence-electron chi connectivity index (χ3n) is 6.29. The molecule has 0 bridgehead atoms. The van der Waals surface area contributed by atoms with Gasteiger partial charge in [0.05, 0.1) is 5.41 Å². The van der Waals surface area contributed by atoms with Gasteiger partial charge in [-0.1, -0.05) is 20.8 Å². The summed E-state index contributed by atoms with van der Waals surface area (Å²) in [7, 11) is 0. The maximum atomic E-state index is 13.4. The molecule has 1 aliphatic rings. The van der Waals surface area contributed by atoms with Crippen LogP contribution in [0.4, 0.5) is 0 Å². The zero-order valence-electron chi connectivity index (χ0n) is 17.8. The van der Waals surface area contributed by atoms with Gasteiger partial charge >= 0.3 is 0 Å². The SMILES string of the molecule is CCC(CC)(CC)C(=O)N1CC[C@@](C)(C(=O)NC(C)(C)C)[C@H]1CCC=O. The summed E-state index contributed by atoms with van der Waals surface area (Å²) in [6, 6.07) is -0.230. The first-order valence-electron chi connectivity index (χ1n) is 10.1. The van der Waals surface area contributed by atoms with Crippen LogP contribution in [-0.2, 0) is 14.4 Å². The maximum absolute atomic E-state index is 13.4. The minimum absolute atomic E-state index is 0.0219. The lowest BCUT2D eigenvalue weighted by Crippen LogP contribution is -2.55. The second-order valence-electron chi connectivity index (χ2n) is 8.97. The van der Waals surface area contributed by atoms with E-state index in [2.05, 4.69) is 26.1 Å². The first-order chi connectivity index (χ1) is 12.0. The quantitative estimate of drug-likeness (QED) is 0.666. The Labute approximate surface area is 159 Å². The fourth-order valence-corrected chi connectivity index (χ4v) is 4.22. The normalized spacial score (nSPS) is 23.8. The topological polar surface area (TPSA) is 66.5 Å². The summed E-state index contributed by atoms with van der Waals surface area (Å²) in [6.07, 6.45) is 4.80. The van der Waals surface area contributed by atoms with E-state index in [9.17, 15) is 14.4 Å². The number of carbonyl (C=O) groups is 3. The number of nitrogens with one attached hydrogen (secondary N) is 1. The van der Waals surface area contributed by atoms with Gasteiger partial charge in [0.2, 0.25) is 11.8 Å². The Bertz CT molecular complexity index is 512. The molecule has 0 aliphatic carbocycles. The molecule has 1 heterocycles. The zero-order valence-corrected chi connectivity index (χ0v) is 17.8. The highest BCUT2D eigenvalue weighted by Crippen LogP contribution is 2.43. The van der Waals surface area contributed by atoms with Crippen molar-refractivity contribution in [1.29, 1.82) is 0 Å². The Morgan fingerprint density at radius 1 is 1.15 bits per heavy atom. The predicted octanol–water partition coefficient (Wildman–Crippen LogP) is 3.70. The Morgan fingerprint density at radius 3 is 2.12 bits per heavy atom. The molecule has 0 aromatic carbocycles. The van der Waals surface area contributed by atoms with Crippen LogP contribution in [0.1, 0.15) is 87.0 Å². The molecule has 1 fully saturated rings. The summed E-state index contributed by atoms with van der Waals surface area (Å²) in [5.74, 6) is 0.125. The molecule has 1 aliphatic heterocycles. The van der Waals surface area contributed by atoms with E-state index >= 15 is 0 Å². The van der Waals surface area contributed by atoms with Crippen LogP contribution in [0.25, 0.3) is 0 Å². The van der Waals surface area contributed by atoms with Gasteiger partial charge in [-0.25, -0.2) is 0 Å². The standard InChI is InChI=1S/C21H38N2O3/c1-8-21(9-2,10-3)18(26)23-14-13-20(7,16(23)12-11-15-24)17(25)22-19(4,5)6/h15-16H,8-14H2,1-7H3,(H,22,25)/t16-,20-/m1/s1. The third kappa shape index (κ3) is 4.47. The molecule has 1 saturated heterocycles. The second kappa shape index (κ2) is 8.53. The number of hydrogen-bond acceptors (Lipinski definition) is 3. The lowest BCUT2D eigenvalue weighted by molar-refractivity contribution is -0.146. The summed E-state index contributed by atoms with van der Waals surface area (Å²) >= 11 is 0. The number of hydrogen-bond donors (Lipinski definition) is 1. The first-order valence-corrected chi connectivity index (χ1v) is 10.1. The van der Waals surface area contributed by atoms with Crippen molar-refractivity contribution in [2.75, 3.05) is 6.54 Å². The van der Waals surface area contributed by atoms with Gasteiger partial charge in [-0.05, 0) is 59.8 Å². The highest BCUT2D eigenvalue weighted by atomic mass is 16.2. The second-order valence-corrected chi connectivity index (χ2v) is 8.97. The molecule has 2 atom stereocenters. The van der Waals surface area contributed by atoms with Crippen molar-refractivity contribution in [2.45, 2.75) is 98.6 Å². The van der Waals surface area contributed by atoms with Crippen LogP contribution in [-0.4, -0.2) is 41.1 Å². The molecule has 26 heavy (non-hydrogen) atoms. The van der Waals surface area contributed by atoms with Gasteiger partial charge in [0, 0.05) is 30.0 Å². The number of rotatable bonds is 8. The van der Waals surface area contributed by atoms with E-state index in [1.807, 2.05) is 32.6 Å². The molecule has 150 valence electrons. The lowest BCUT2D eigenvalue weighted by atomic mass is 9.76. The molecule has 0 radical (unpaired) electrons. The van der Waals surface area contributed by atoms with Gasteiger partial charge in [-0.15, -0.1) is 0 Å². The minimum Gasteiger partial charge on any atom is -0.351 e. The van der Waals surface area contributed by atoms with Gasteiger partial charge in [0.25, 0.3) is 0 Å². The predicted molar refractivity (Wildman–Crippen MR) is 105 cm³/mol. The monoisotopic (exact) mass is 366 g/mol. The summed E-state index contributed by atoms with van der Waals surface area (Å²) < 4.78 is 0. The van der Waals surface area contributed by atoms with Crippen molar-refractivity contribution >= 4 is 18.1 Å². The fourth-order valence-electron chi connectivity index (χ4n) is 4.22. The molecule has 0 unspecified atom stereocenters. The average molecular weight is 367 g/mol. The van der Waals surface area contributed by atoms with Crippen molar-refractivity contribution < 1.29 is 14.4 Å². The molecule has 5 nitrogen and oxygen atoms in total. The molecule has 0 saturated carbocycles. The molecular formula is C21H38N2O3. The van der Waals surface area contributed by atoms with Crippen molar-refractivity contribution in [3.05, 3.63) is 0 Å². The highest BCUT2D eigenvalue weighted by Gasteiger charge is 2.53. The van der Waals surface area contributed by atoms with Gasteiger partial charge in [-0.2, -0.15) is 0 Å². The first kappa shape index (κ1) is 22.7. The number of carbonyl (C=O) groups excluding carboxylic acids is 3. The van der Waals surface area contributed by atoms with Crippen LogP contribution in [0.15, 0.2) is 0 Å². The maximum Gasteiger partial charge on any atom is 0.229 e. The Hall–Kier alpha value is -1.39. The van der Waals surface area contributed by atoms with E-state index in [1.54, 1.807) is 0 Å². The lowest BCUT2D eigenvalue weighted by Gasteiger charge is -2.40. The largest absolute Gasteiger partial charge is 0.351 e. The highest BCUT2D eigenvalue weighted by molar-refractivity contribution is 5.88. The summed E-state index contributed by atoms with van der Waals surface area (Å²) in [5.41, 5.74) is -1.36. The molecule has 0 aromatic rings. The van der Waals surface area contributed by atoms with Crippen LogP contribution >= 0.6 is 0 Å². The Kier molecular flexibility index (Phi) is 7.43. The van der Waals surface area contributed by atoms with Crippen molar-refractivity contribution in [3.63, 3.8) is 0 Å². The summed E-state index contributed by atoms with van der Waals surface area (Å²) in [5, 5.41) is 3.08.